The van der Waals surface area contributed by atoms with E-state index in [1.807, 2.05) is 60.7 Å². The highest BCUT2D eigenvalue weighted by molar-refractivity contribution is 6.04. The summed E-state index contributed by atoms with van der Waals surface area (Å²) in [6.07, 6.45) is 1.70. The van der Waals surface area contributed by atoms with E-state index in [9.17, 15) is 4.79 Å². The van der Waals surface area contributed by atoms with Crippen molar-refractivity contribution in [1.29, 1.82) is 0 Å². The highest BCUT2D eigenvalue weighted by Crippen LogP contribution is 2.19. The number of amides is 1. The molecular weight excluding hydrogens is 300 g/mol. The molecule has 0 aliphatic rings. The van der Waals surface area contributed by atoms with Crippen molar-refractivity contribution in [1.82, 2.24) is 15.2 Å². The van der Waals surface area contributed by atoms with Crippen LogP contribution in [0.4, 0.5) is 5.69 Å². The zero-order valence-electron chi connectivity index (χ0n) is 12.7. The first-order valence-corrected chi connectivity index (χ1v) is 7.56. The van der Waals surface area contributed by atoms with Gasteiger partial charge in [0.2, 0.25) is 0 Å². The first kappa shape index (κ1) is 14.1. The molecule has 5 heteroatoms. The van der Waals surface area contributed by atoms with Gasteiger partial charge in [0.1, 0.15) is 5.69 Å². The lowest BCUT2D eigenvalue weighted by atomic mass is 10.1. The number of hydrogen-bond donors (Lipinski definition) is 2. The second kappa shape index (κ2) is 5.96. The summed E-state index contributed by atoms with van der Waals surface area (Å²) < 4.78 is 0. The molecule has 0 fully saturated rings. The van der Waals surface area contributed by atoms with Crippen LogP contribution in [0.15, 0.2) is 72.9 Å². The van der Waals surface area contributed by atoms with E-state index in [1.165, 1.54) is 0 Å². The summed E-state index contributed by atoms with van der Waals surface area (Å²) in [5.74, 6) is -0.227. The summed E-state index contributed by atoms with van der Waals surface area (Å²) in [4.78, 5) is 16.8. The third kappa shape index (κ3) is 2.75. The lowest BCUT2D eigenvalue weighted by Gasteiger charge is -2.06. The number of H-pyrrole nitrogens is 1. The normalized spacial score (nSPS) is 10.7. The van der Waals surface area contributed by atoms with Crippen molar-refractivity contribution in [3.8, 4) is 11.3 Å². The molecule has 116 valence electrons. The number of anilines is 1. The number of benzene rings is 2. The largest absolute Gasteiger partial charge is 0.321 e. The molecule has 2 aromatic heterocycles. The summed E-state index contributed by atoms with van der Waals surface area (Å²) in [5, 5.41) is 10.7. The van der Waals surface area contributed by atoms with Crippen molar-refractivity contribution in [3.63, 3.8) is 0 Å². The molecule has 0 aliphatic heterocycles. The molecule has 0 spiro atoms. The molecule has 5 nitrogen and oxygen atoms in total. The summed E-state index contributed by atoms with van der Waals surface area (Å²) in [6.45, 7) is 0. The molecule has 0 radical (unpaired) electrons. The summed E-state index contributed by atoms with van der Waals surface area (Å²) in [5.41, 5.74) is 3.86. The Morgan fingerprint density at radius 2 is 1.75 bits per heavy atom. The third-order valence-corrected chi connectivity index (χ3v) is 3.79. The molecule has 0 saturated carbocycles. The first-order valence-electron chi connectivity index (χ1n) is 7.56. The molecule has 0 bridgehead atoms. The van der Waals surface area contributed by atoms with Crippen molar-refractivity contribution in [2.45, 2.75) is 0 Å². The molecule has 0 aliphatic carbocycles. The van der Waals surface area contributed by atoms with Crippen LogP contribution in [0.1, 0.15) is 10.5 Å². The van der Waals surface area contributed by atoms with Crippen LogP contribution in [0.2, 0.25) is 0 Å². The van der Waals surface area contributed by atoms with Crippen LogP contribution < -0.4 is 5.32 Å². The molecule has 4 rings (SSSR count). The SMILES string of the molecule is O=C(Nc1ccc(-c2ccn[nH]2)cc1)c1ccc2ccccc2n1. The number of para-hydroxylation sites is 1. The van der Waals surface area contributed by atoms with Crippen LogP contribution in [-0.2, 0) is 0 Å². The molecule has 2 aromatic carbocycles. The number of rotatable bonds is 3. The van der Waals surface area contributed by atoms with E-state index in [2.05, 4.69) is 20.5 Å². The highest BCUT2D eigenvalue weighted by atomic mass is 16.1. The molecular formula is C19H14N4O. The molecule has 24 heavy (non-hydrogen) atoms. The Balaban J connectivity index is 1.54. The molecule has 0 saturated heterocycles. The fraction of sp³-hybridized carbons (Fsp3) is 0. The molecule has 0 unspecified atom stereocenters. The van der Waals surface area contributed by atoms with Crippen molar-refractivity contribution < 1.29 is 4.79 Å². The van der Waals surface area contributed by atoms with Gasteiger partial charge in [-0.2, -0.15) is 5.10 Å². The maximum Gasteiger partial charge on any atom is 0.274 e. The van der Waals surface area contributed by atoms with Crippen molar-refractivity contribution in [2.24, 2.45) is 0 Å². The zero-order valence-corrected chi connectivity index (χ0v) is 12.7. The van der Waals surface area contributed by atoms with Gasteiger partial charge >= 0.3 is 0 Å². The van der Waals surface area contributed by atoms with Crippen LogP contribution in [0.3, 0.4) is 0 Å². The van der Waals surface area contributed by atoms with E-state index in [0.717, 1.165) is 27.8 Å². The monoisotopic (exact) mass is 314 g/mol. The number of aromatic amines is 1. The molecule has 4 aromatic rings. The smallest absolute Gasteiger partial charge is 0.274 e. The minimum atomic E-state index is -0.227. The second-order valence-corrected chi connectivity index (χ2v) is 5.39. The van der Waals surface area contributed by atoms with Crippen LogP contribution in [0.25, 0.3) is 22.2 Å². The number of nitrogens with zero attached hydrogens (tertiary/aromatic N) is 2. The number of hydrogen-bond acceptors (Lipinski definition) is 3. The Labute approximate surface area is 138 Å². The van der Waals surface area contributed by atoms with Gasteiger partial charge in [-0.15, -0.1) is 0 Å². The maximum absolute atomic E-state index is 12.4. The van der Waals surface area contributed by atoms with Gasteiger partial charge in [0.05, 0.1) is 11.2 Å². The van der Waals surface area contributed by atoms with Crippen LogP contribution >= 0.6 is 0 Å². The average Bonchev–Trinajstić information content (AvgIpc) is 3.16. The first-order chi connectivity index (χ1) is 11.8. The Bertz CT molecular complexity index is 992. The Morgan fingerprint density at radius 1 is 0.917 bits per heavy atom. The van der Waals surface area contributed by atoms with Gasteiger partial charge in [0.15, 0.2) is 0 Å². The van der Waals surface area contributed by atoms with Gasteiger partial charge in [0, 0.05) is 17.3 Å². The Hall–Kier alpha value is -3.47. The standard InChI is InChI=1S/C19H14N4O/c24-19(18-10-7-13-3-1-2-4-16(13)22-18)21-15-8-5-14(6-9-15)17-11-12-20-23-17/h1-12H,(H,20,23)(H,21,24). The Morgan fingerprint density at radius 3 is 2.54 bits per heavy atom. The van der Waals surface area contributed by atoms with Gasteiger partial charge in [-0.1, -0.05) is 36.4 Å². The lowest BCUT2D eigenvalue weighted by Crippen LogP contribution is -2.13. The lowest BCUT2D eigenvalue weighted by molar-refractivity contribution is 0.102. The van der Waals surface area contributed by atoms with Crippen molar-refractivity contribution in [3.05, 3.63) is 78.6 Å². The van der Waals surface area contributed by atoms with Gasteiger partial charge in [-0.3, -0.25) is 9.89 Å². The van der Waals surface area contributed by atoms with E-state index in [-0.39, 0.29) is 5.91 Å². The molecule has 2 N–H and O–H groups in total. The Kier molecular flexibility index (Phi) is 3.51. The van der Waals surface area contributed by atoms with Gasteiger partial charge in [0.25, 0.3) is 5.91 Å². The van der Waals surface area contributed by atoms with Gasteiger partial charge in [-0.05, 0) is 35.9 Å². The summed E-state index contributed by atoms with van der Waals surface area (Å²) >= 11 is 0. The topological polar surface area (TPSA) is 70.7 Å². The maximum atomic E-state index is 12.4. The summed E-state index contributed by atoms with van der Waals surface area (Å²) in [6, 6.07) is 20.8. The predicted molar refractivity (Wildman–Crippen MR) is 93.7 cm³/mol. The second-order valence-electron chi connectivity index (χ2n) is 5.39. The molecule has 0 atom stereocenters. The van der Waals surface area contributed by atoms with E-state index < -0.39 is 0 Å². The number of carbonyl (C=O) groups is 1. The number of aromatic nitrogens is 3. The number of carbonyl (C=O) groups excluding carboxylic acids is 1. The fourth-order valence-corrected chi connectivity index (χ4v) is 2.54. The quantitative estimate of drug-likeness (QED) is 0.603. The number of nitrogens with one attached hydrogen (secondary N) is 2. The van der Waals surface area contributed by atoms with Gasteiger partial charge in [-0.25, -0.2) is 4.98 Å². The third-order valence-electron chi connectivity index (χ3n) is 3.79. The number of fused-ring (bicyclic) bond motifs is 1. The minimum Gasteiger partial charge on any atom is -0.321 e. The van der Waals surface area contributed by atoms with Crippen LogP contribution in [-0.4, -0.2) is 21.1 Å². The molecule has 2 heterocycles. The molecule has 1 amide bonds. The van der Waals surface area contributed by atoms with E-state index in [4.69, 9.17) is 0 Å². The zero-order chi connectivity index (χ0) is 16.4. The van der Waals surface area contributed by atoms with Gasteiger partial charge < -0.3 is 5.32 Å². The average molecular weight is 314 g/mol. The summed E-state index contributed by atoms with van der Waals surface area (Å²) in [7, 11) is 0. The van der Waals surface area contributed by atoms with Crippen LogP contribution in [0.5, 0.6) is 0 Å². The number of pyridine rings is 1. The van der Waals surface area contributed by atoms with E-state index in [1.54, 1.807) is 12.3 Å². The highest BCUT2D eigenvalue weighted by Gasteiger charge is 2.09. The fourth-order valence-electron chi connectivity index (χ4n) is 2.54. The van der Waals surface area contributed by atoms with E-state index in [0.29, 0.717) is 5.69 Å². The van der Waals surface area contributed by atoms with Crippen LogP contribution in [0, 0.1) is 0 Å². The minimum absolute atomic E-state index is 0.227. The van der Waals surface area contributed by atoms with E-state index >= 15 is 0 Å². The van der Waals surface area contributed by atoms with Crippen molar-refractivity contribution >= 4 is 22.5 Å². The van der Waals surface area contributed by atoms with Crippen molar-refractivity contribution in [2.75, 3.05) is 5.32 Å². The predicted octanol–water partition coefficient (Wildman–Crippen LogP) is 3.88.